The number of hydrogen-bond acceptors (Lipinski definition) is 4. The highest BCUT2D eigenvalue weighted by atomic mass is 35.5. The van der Waals surface area contributed by atoms with E-state index in [1.807, 2.05) is 59.2 Å². The Morgan fingerprint density at radius 3 is 2.55 bits per heavy atom. The molecule has 2 heterocycles. The van der Waals surface area contributed by atoms with Crippen LogP contribution in [-0.4, -0.2) is 37.7 Å². The van der Waals surface area contributed by atoms with E-state index in [4.69, 9.17) is 34.7 Å². The van der Waals surface area contributed by atoms with Crippen LogP contribution < -0.4 is 5.73 Å². The maximum atomic E-state index is 11.9. The van der Waals surface area contributed by atoms with Gasteiger partial charge in [-0.15, -0.1) is 5.10 Å². The first kappa shape index (κ1) is 19.8. The van der Waals surface area contributed by atoms with Crippen molar-refractivity contribution in [1.29, 1.82) is 0 Å². The zero-order valence-corrected chi connectivity index (χ0v) is 17.4. The van der Waals surface area contributed by atoms with Crippen molar-refractivity contribution < 1.29 is 4.79 Å². The fourth-order valence-corrected chi connectivity index (χ4v) is 4.17. The van der Waals surface area contributed by atoms with E-state index in [1.54, 1.807) is 4.68 Å². The summed E-state index contributed by atoms with van der Waals surface area (Å²) in [4.78, 5) is 14.0. The highest BCUT2D eigenvalue weighted by Crippen LogP contribution is 2.25. The van der Waals surface area contributed by atoms with Crippen molar-refractivity contribution in [2.75, 3.05) is 6.54 Å². The van der Waals surface area contributed by atoms with Crippen molar-refractivity contribution in [2.24, 2.45) is 5.73 Å². The molecule has 1 aliphatic heterocycles. The van der Waals surface area contributed by atoms with Crippen molar-refractivity contribution in [3.05, 3.63) is 64.4 Å². The van der Waals surface area contributed by atoms with Crippen molar-refractivity contribution in [2.45, 2.75) is 32.0 Å². The largest absolute Gasteiger partial charge is 0.368 e. The zero-order chi connectivity index (χ0) is 20.4. The van der Waals surface area contributed by atoms with Gasteiger partial charge in [-0.25, -0.2) is 4.68 Å². The first-order valence-electron chi connectivity index (χ1n) is 9.59. The third-order valence-corrected chi connectivity index (χ3v) is 5.86. The fraction of sp³-hybridized carbons (Fsp3) is 0.286. The number of hydrogen-bond donors (Lipinski definition) is 1. The number of halogens is 1. The van der Waals surface area contributed by atoms with Crippen LogP contribution in [0.15, 0.2) is 54.6 Å². The molecule has 1 fully saturated rings. The minimum atomic E-state index is -0.295. The number of primary amides is 1. The highest BCUT2D eigenvalue weighted by Gasteiger charge is 2.28. The minimum absolute atomic E-state index is 0.286. The summed E-state index contributed by atoms with van der Waals surface area (Å²) >= 11 is 11.9. The van der Waals surface area contributed by atoms with Gasteiger partial charge < -0.3 is 5.73 Å². The standard InChI is InChI=1S/C21H22ClN5OS/c22-16-11-9-15(10-12-16)20-24-26(14-25-13-5-4-8-18(25)19(23)28)21(29)27(20)17-6-2-1-3-7-17/h1-3,6-7,9-12,18H,4-5,8,13-14H2,(H2,23,28)/t18-/m1/s1. The molecule has 2 N–H and O–H groups in total. The molecule has 6 nitrogen and oxygen atoms in total. The quantitative estimate of drug-likeness (QED) is 0.624. The van der Waals surface area contributed by atoms with Gasteiger partial charge in [0.25, 0.3) is 0 Å². The summed E-state index contributed by atoms with van der Waals surface area (Å²) in [6.45, 7) is 1.22. The van der Waals surface area contributed by atoms with E-state index >= 15 is 0 Å². The van der Waals surface area contributed by atoms with E-state index in [9.17, 15) is 4.79 Å². The van der Waals surface area contributed by atoms with E-state index in [0.29, 0.717) is 16.5 Å². The van der Waals surface area contributed by atoms with Crippen LogP contribution in [0.5, 0.6) is 0 Å². The Hall–Kier alpha value is -2.48. The fourth-order valence-electron chi connectivity index (χ4n) is 3.75. The summed E-state index contributed by atoms with van der Waals surface area (Å²) in [6.07, 6.45) is 2.80. The molecule has 1 atom stereocenters. The zero-order valence-electron chi connectivity index (χ0n) is 15.9. The van der Waals surface area contributed by atoms with Crippen LogP contribution >= 0.6 is 23.8 Å². The number of amides is 1. The van der Waals surface area contributed by atoms with Crippen molar-refractivity contribution in [3.8, 4) is 17.1 Å². The van der Waals surface area contributed by atoms with Crippen LogP contribution in [0.25, 0.3) is 17.1 Å². The highest BCUT2D eigenvalue weighted by molar-refractivity contribution is 7.71. The molecule has 29 heavy (non-hydrogen) atoms. The summed E-state index contributed by atoms with van der Waals surface area (Å²) in [5.41, 5.74) is 7.47. The van der Waals surface area contributed by atoms with E-state index in [0.717, 1.165) is 42.9 Å². The number of likely N-dealkylation sites (tertiary alicyclic amines) is 1. The third-order valence-electron chi connectivity index (χ3n) is 5.21. The van der Waals surface area contributed by atoms with Crippen LogP contribution in [-0.2, 0) is 11.5 Å². The number of benzene rings is 2. The molecule has 1 saturated heterocycles. The molecule has 0 radical (unpaired) electrons. The molecule has 4 rings (SSSR count). The summed E-state index contributed by atoms with van der Waals surface area (Å²) in [5.74, 6) is 0.433. The second-order valence-electron chi connectivity index (χ2n) is 7.15. The SMILES string of the molecule is NC(=O)[C@H]1CCCCN1Cn1nc(-c2ccc(Cl)cc2)n(-c2ccccc2)c1=S. The van der Waals surface area contributed by atoms with Crippen molar-refractivity contribution >= 4 is 29.7 Å². The second kappa shape index (κ2) is 8.49. The maximum Gasteiger partial charge on any atom is 0.234 e. The molecular weight excluding hydrogens is 406 g/mol. The van der Waals surface area contributed by atoms with Crippen LogP contribution in [0.1, 0.15) is 19.3 Å². The lowest BCUT2D eigenvalue weighted by Gasteiger charge is -2.33. The van der Waals surface area contributed by atoms with Gasteiger partial charge >= 0.3 is 0 Å². The minimum Gasteiger partial charge on any atom is -0.368 e. The Kier molecular flexibility index (Phi) is 5.80. The van der Waals surface area contributed by atoms with Crippen LogP contribution in [0.2, 0.25) is 5.02 Å². The Balaban J connectivity index is 1.78. The van der Waals surface area contributed by atoms with E-state index in [-0.39, 0.29) is 11.9 Å². The van der Waals surface area contributed by atoms with Crippen molar-refractivity contribution in [1.82, 2.24) is 19.2 Å². The van der Waals surface area contributed by atoms with Gasteiger partial charge in [-0.3, -0.25) is 14.3 Å². The number of nitrogens with zero attached hydrogens (tertiary/aromatic N) is 4. The Labute approximate surface area is 179 Å². The topological polar surface area (TPSA) is 69.1 Å². The molecule has 150 valence electrons. The Bertz CT molecular complexity index is 1060. The van der Waals surface area contributed by atoms with Gasteiger partial charge in [-0.05, 0) is 61.5 Å². The predicted molar refractivity (Wildman–Crippen MR) is 116 cm³/mol. The normalized spacial score (nSPS) is 17.3. The number of nitrogens with two attached hydrogens (primary N) is 1. The lowest BCUT2D eigenvalue weighted by atomic mass is 10.0. The van der Waals surface area contributed by atoms with Crippen molar-refractivity contribution in [3.63, 3.8) is 0 Å². The van der Waals surface area contributed by atoms with Gasteiger partial charge in [-0.2, -0.15) is 0 Å². The molecule has 0 bridgehead atoms. The molecule has 8 heteroatoms. The van der Waals surface area contributed by atoms with Crippen LogP contribution in [0, 0.1) is 4.77 Å². The average Bonchev–Trinajstić information content (AvgIpc) is 3.05. The summed E-state index contributed by atoms with van der Waals surface area (Å²) in [7, 11) is 0. The summed E-state index contributed by atoms with van der Waals surface area (Å²) in [5, 5.41) is 5.48. The lowest BCUT2D eigenvalue weighted by Crippen LogP contribution is -2.48. The van der Waals surface area contributed by atoms with Gasteiger partial charge in [0, 0.05) is 22.8 Å². The van der Waals surface area contributed by atoms with E-state index < -0.39 is 0 Å². The van der Waals surface area contributed by atoms with Gasteiger partial charge in [0.05, 0.1) is 12.7 Å². The number of aromatic nitrogens is 3. The molecule has 1 aromatic heterocycles. The number of piperidine rings is 1. The molecule has 2 aromatic carbocycles. The molecule has 1 amide bonds. The van der Waals surface area contributed by atoms with Gasteiger partial charge in [-0.1, -0.05) is 36.2 Å². The van der Waals surface area contributed by atoms with Gasteiger partial charge in [0.1, 0.15) is 0 Å². The maximum absolute atomic E-state index is 11.9. The van der Waals surface area contributed by atoms with Gasteiger partial charge in [0.15, 0.2) is 5.82 Å². The lowest BCUT2D eigenvalue weighted by molar-refractivity contribution is -0.125. The molecule has 0 saturated carbocycles. The first-order valence-corrected chi connectivity index (χ1v) is 10.4. The number of rotatable bonds is 5. The molecule has 0 aliphatic carbocycles. The smallest absolute Gasteiger partial charge is 0.234 e. The van der Waals surface area contributed by atoms with E-state index in [2.05, 4.69) is 4.90 Å². The number of carbonyl (C=O) groups is 1. The first-order chi connectivity index (χ1) is 14.0. The summed E-state index contributed by atoms with van der Waals surface area (Å²) in [6, 6.07) is 17.1. The Morgan fingerprint density at radius 2 is 1.86 bits per heavy atom. The number of carbonyl (C=O) groups excluding carboxylic acids is 1. The average molecular weight is 428 g/mol. The molecular formula is C21H22ClN5OS. The van der Waals surface area contributed by atoms with Gasteiger partial charge in [0.2, 0.25) is 10.7 Å². The number of para-hydroxylation sites is 1. The van der Waals surface area contributed by atoms with E-state index in [1.165, 1.54) is 0 Å². The molecule has 3 aromatic rings. The predicted octanol–water partition coefficient (Wildman–Crippen LogP) is 4.02. The van der Waals surface area contributed by atoms with Crippen LogP contribution in [0.3, 0.4) is 0 Å². The third kappa shape index (κ3) is 4.12. The molecule has 0 spiro atoms. The van der Waals surface area contributed by atoms with Crippen LogP contribution in [0.4, 0.5) is 0 Å². The molecule has 1 aliphatic rings. The summed E-state index contributed by atoms with van der Waals surface area (Å²) < 4.78 is 4.28. The Morgan fingerprint density at radius 1 is 1.14 bits per heavy atom. The molecule has 0 unspecified atom stereocenters. The monoisotopic (exact) mass is 427 g/mol. The second-order valence-corrected chi connectivity index (χ2v) is 7.95.